The topological polar surface area (TPSA) is 75.3 Å². The lowest BCUT2D eigenvalue weighted by Gasteiger charge is -2.28. The normalized spacial score (nSPS) is 23.3. The summed E-state index contributed by atoms with van der Waals surface area (Å²) in [6.45, 7) is 2.87. The molecule has 0 aromatic heterocycles. The van der Waals surface area contributed by atoms with E-state index in [1.54, 1.807) is 12.1 Å². The summed E-state index contributed by atoms with van der Waals surface area (Å²) in [4.78, 5) is 12.3. The zero-order valence-electron chi connectivity index (χ0n) is 11.7. The molecule has 2 unspecified atom stereocenters. The maximum atomic E-state index is 12.1. The molecule has 1 aliphatic rings. The fraction of sp³-hybridized carbons (Fsp3) is 0.500. The van der Waals surface area contributed by atoms with Gasteiger partial charge in [0.05, 0.1) is 4.90 Å². The summed E-state index contributed by atoms with van der Waals surface area (Å²) >= 11 is 0. The number of piperidine rings is 1. The highest BCUT2D eigenvalue weighted by molar-refractivity contribution is 7.90. The number of nitrogens with one attached hydrogen (secondary N) is 2. The Morgan fingerprint density at radius 2 is 2.10 bits per heavy atom. The second-order valence-electron chi connectivity index (χ2n) is 5.36. The molecule has 1 aromatic rings. The Morgan fingerprint density at radius 1 is 1.35 bits per heavy atom. The highest BCUT2D eigenvalue weighted by atomic mass is 32.2. The molecule has 0 bridgehead atoms. The second kappa shape index (κ2) is 5.93. The lowest BCUT2D eigenvalue weighted by atomic mass is 10.0. The molecule has 1 aromatic carbocycles. The fourth-order valence-electron chi connectivity index (χ4n) is 2.26. The smallest absolute Gasteiger partial charge is 0.251 e. The molecule has 6 heteroatoms. The van der Waals surface area contributed by atoms with Crippen LogP contribution in [0.25, 0.3) is 0 Å². The van der Waals surface area contributed by atoms with Crippen LogP contribution in [0.5, 0.6) is 0 Å². The molecule has 1 amide bonds. The molecule has 0 saturated carbocycles. The highest BCUT2D eigenvalue weighted by Crippen LogP contribution is 2.13. The monoisotopic (exact) mass is 296 g/mol. The molecule has 1 aliphatic heterocycles. The molecule has 20 heavy (non-hydrogen) atoms. The van der Waals surface area contributed by atoms with Gasteiger partial charge in [-0.25, -0.2) is 8.42 Å². The number of carbonyl (C=O) groups excluding carboxylic acids is 1. The van der Waals surface area contributed by atoms with Crippen molar-refractivity contribution >= 4 is 15.7 Å². The molecule has 2 rings (SSSR count). The van der Waals surface area contributed by atoms with Crippen molar-refractivity contribution in [1.82, 2.24) is 10.6 Å². The summed E-state index contributed by atoms with van der Waals surface area (Å²) in [5.74, 6) is -0.225. The van der Waals surface area contributed by atoms with Gasteiger partial charge in [0.1, 0.15) is 0 Å². The van der Waals surface area contributed by atoms with Crippen LogP contribution in [0.1, 0.15) is 30.1 Å². The van der Waals surface area contributed by atoms with E-state index in [0.29, 0.717) is 11.6 Å². The fourth-order valence-corrected chi connectivity index (χ4v) is 2.93. The van der Waals surface area contributed by atoms with E-state index in [1.165, 1.54) is 12.1 Å². The molecule has 110 valence electrons. The van der Waals surface area contributed by atoms with E-state index < -0.39 is 9.84 Å². The van der Waals surface area contributed by atoms with Crippen LogP contribution in [-0.2, 0) is 9.84 Å². The Hall–Kier alpha value is -1.40. The van der Waals surface area contributed by atoms with Gasteiger partial charge in [-0.15, -0.1) is 0 Å². The Balaban J connectivity index is 2.06. The quantitative estimate of drug-likeness (QED) is 0.871. The van der Waals surface area contributed by atoms with Crippen molar-refractivity contribution in [3.05, 3.63) is 29.8 Å². The molecule has 1 fully saturated rings. The first-order chi connectivity index (χ1) is 9.36. The van der Waals surface area contributed by atoms with Crippen LogP contribution < -0.4 is 10.6 Å². The lowest BCUT2D eigenvalue weighted by Crippen LogP contribution is -2.48. The van der Waals surface area contributed by atoms with Gasteiger partial charge in [0, 0.05) is 30.4 Å². The zero-order valence-corrected chi connectivity index (χ0v) is 12.5. The zero-order chi connectivity index (χ0) is 14.8. The van der Waals surface area contributed by atoms with E-state index in [0.717, 1.165) is 25.6 Å². The summed E-state index contributed by atoms with van der Waals surface area (Å²) in [5.41, 5.74) is 0.381. The van der Waals surface area contributed by atoms with Crippen LogP contribution in [-0.4, -0.2) is 39.2 Å². The Morgan fingerprint density at radius 3 is 2.70 bits per heavy atom. The molecule has 0 aliphatic carbocycles. The second-order valence-corrected chi connectivity index (χ2v) is 7.37. The molecule has 2 atom stereocenters. The first kappa shape index (κ1) is 15.0. The van der Waals surface area contributed by atoms with Crippen molar-refractivity contribution < 1.29 is 13.2 Å². The third kappa shape index (κ3) is 3.80. The van der Waals surface area contributed by atoms with Crippen molar-refractivity contribution in [2.24, 2.45) is 0 Å². The summed E-state index contributed by atoms with van der Waals surface area (Å²) in [6.07, 6.45) is 3.09. The van der Waals surface area contributed by atoms with Crippen molar-refractivity contribution in [3.63, 3.8) is 0 Å². The van der Waals surface area contributed by atoms with Gasteiger partial charge in [0.2, 0.25) is 0 Å². The summed E-state index contributed by atoms with van der Waals surface area (Å²) < 4.78 is 23.0. The maximum absolute atomic E-state index is 12.1. The number of sulfone groups is 1. The molecule has 0 radical (unpaired) electrons. The molecular weight excluding hydrogens is 276 g/mol. The van der Waals surface area contributed by atoms with Gasteiger partial charge >= 0.3 is 0 Å². The third-order valence-electron chi connectivity index (χ3n) is 3.52. The van der Waals surface area contributed by atoms with Gasteiger partial charge in [0.15, 0.2) is 9.84 Å². The van der Waals surface area contributed by atoms with Gasteiger partial charge in [-0.1, -0.05) is 6.07 Å². The lowest BCUT2D eigenvalue weighted by molar-refractivity contribution is 0.0927. The van der Waals surface area contributed by atoms with Crippen molar-refractivity contribution in [2.75, 3.05) is 12.8 Å². The minimum Gasteiger partial charge on any atom is -0.348 e. The van der Waals surface area contributed by atoms with E-state index in [4.69, 9.17) is 0 Å². The van der Waals surface area contributed by atoms with Crippen LogP contribution in [0, 0.1) is 0 Å². The first-order valence-electron chi connectivity index (χ1n) is 6.70. The Kier molecular flexibility index (Phi) is 4.45. The summed E-state index contributed by atoms with van der Waals surface area (Å²) in [6, 6.07) is 6.71. The molecule has 0 spiro atoms. The number of carbonyl (C=O) groups is 1. The molecule has 1 heterocycles. The largest absolute Gasteiger partial charge is 0.348 e. The predicted octanol–water partition coefficient (Wildman–Crippen LogP) is 0.960. The number of hydrogen-bond donors (Lipinski definition) is 2. The summed E-state index contributed by atoms with van der Waals surface area (Å²) in [5, 5.41) is 6.25. The van der Waals surface area contributed by atoms with Crippen molar-refractivity contribution in [2.45, 2.75) is 36.7 Å². The first-order valence-corrected chi connectivity index (χ1v) is 8.60. The van der Waals surface area contributed by atoms with Gasteiger partial charge in [0.25, 0.3) is 5.91 Å². The molecular formula is C14H20N2O3S. The Bertz CT molecular complexity index is 590. The van der Waals surface area contributed by atoms with E-state index in [2.05, 4.69) is 17.6 Å². The predicted molar refractivity (Wildman–Crippen MR) is 77.5 cm³/mol. The summed E-state index contributed by atoms with van der Waals surface area (Å²) in [7, 11) is -3.29. The minimum atomic E-state index is -3.29. The van der Waals surface area contributed by atoms with Crippen LogP contribution in [0.2, 0.25) is 0 Å². The van der Waals surface area contributed by atoms with Crippen molar-refractivity contribution in [1.29, 1.82) is 0 Å². The molecule has 5 nitrogen and oxygen atoms in total. The number of hydrogen-bond acceptors (Lipinski definition) is 4. The van der Waals surface area contributed by atoms with Crippen molar-refractivity contribution in [3.8, 4) is 0 Å². The average Bonchev–Trinajstić information content (AvgIpc) is 2.40. The average molecular weight is 296 g/mol. The standard InChI is InChI=1S/C14H20N2O3S/c1-10-6-7-12(9-15-10)16-14(17)11-4-3-5-13(8-11)20(2,18)19/h3-5,8,10,12,15H,6-7,9H2,1-2H3,(H,16,17). The number of benzene rings is 1. The Labute approximate surface area is 119 Å². The van der Waals surface area contributed by atoms with Crippen LogP contribution >= 0.6 is 0 Å². The van der Waals surface area contributed by atoms with Crippen LogP contribution in [0.3, 0.4) is 0 Å². The van der Waals surface area contributed by atoms with Gasteiger partial charge in [-0.05, 0) is 38.0 Å². The molecule has 1 saturated heterocycles. The molecule has 2 N–H and O–H groups in total. The minimum absolute atomic E-state index is 0.0978. The number of rotatable bonds is 3. The number of amides is 1. The van der Waals surface area contributed by atoms with Crippen LogP contribution in [0.15, 0.2) is 29.2 Å². The third-order valence-corrected chi connectivity index (χ3v) is 4.63. The van der Waals surface area contributed by atoms with E-state index >= 15 is 0 Å². The van der Waals surface area contributed by atoms with Crippen LogP contribution in [0.4, 0.5) is 0 Å². The highest BCUT2D eigenvalue weighted by Gasteiger charge is 2.20. The van der Waals surface area contributed by atoms with Gasteiger partial charge in [-0.3, -0.25) is 4.79 Å². The van der Waals surface area contributed by atoms with E-state index in [-0.39, 0.29) is 16.8 Å². The van der Waals surface area contributed by atoms with E-state index in [1.807, 2.05) is 0 Å². The van der Waals surface area contributed by atoms with Gasteiger partial charge in [-0.2, -0.15) is 0 Å². The SMILES string of the molecule is CC1CCC(NC(=O)c2cccc(S(C)(=O)=O)c2)CN1. The maximum Gasteiger partial charge on any atom is 0.251 e. The van der Waals surface area contributed by atoms with E-state index in [9.17, 15) is 13.2 Å². The van der Waals surface area contributed by atoms with Gasteiger partial charge < -0.3 is 10.6 Å².